The van der Waals surface area contributed by atoms with Crippen LogP contribution in [-0.2, 0) is 21.8 Å². The molecule has 0 bridgehead atoms. The topological polar surface area (TPSA) is 90.9 Å². The van der Waals surface area contributed by atoms with Crippen LogP contribution in [0.2, 0.25) is 10.0 Å². The van der Waals surface area contributed by atoms with E-state index in [4.69, 9.17) is 43.1 Å². The van der Waals surface area contributed by atoms with Gasteiger partial charge in [-0.05, 0) is 60.7 Å². The van der Waals surface area contributed by atoms with Crippen LogP contribution in [0, 0.1) is 0 Å². The smallest absolute Gasteiger partial charge is 0.217 e. The Labute approximate surface area is 243 Å². The fourth-order valence-electron chi connectivity index (χ4n) is 5.13. The van der Waals surface area contributed by atoms with Crippen LogP contribution in [0.5, 0.6) is 5.75 Å². The summed E-state index contributed by atoms with van der Waals surface area (Å²) in [5, 5.41) is 5.21. The summed E-state index contributed by atoms with van der Waals surface area (Å²) in [6.07, 6.45) is 2.77. The van der Waals surface area contributed by atoms with Crippen molar-refractivity contribution in [2.75, 3.05) is 54.9 Å². The summed E-state index contributed by atoms with van der Waals surface area (Å²) in [5.41, 5.74) is 9.68. The average molecular weight is 582 g/mol. The predicted octanol–water partition coefficient (Wildman–Crippen LogP) is 4.84. The minimum Gasteiger partial charge on any atom is -0.491 e. The number of nitrogen functional groups attached to an aromatic ring is 1. The molecule has 3 aromatic carbocycles. The molecule has 0 radical (unpaired) electrons. The normalized spacial score (nSPS) is 21.1. The van der Waals surface area contributed by atoms with Crippen molar-refractivity contribution in [1.29, 1.82) is 0 Å². The number of halogens is 2. The number of rotatable bonds is 8. The number of nitrogens with two attached hydrogens (primary N) is 1. The zero-order valence-electron chi connectivity index (χ0n) is 21.8. The number of hydrogen-bond donors (Lipinski definition) is 1. The number of benzene rings is 3. The molecule has 4 aromatic rings. The number of nitrogens with zero attached hydrogens (tertiary/aromatic N) is 5. The van der Waals surface area contributed by atoms with Gasteiger partial charge in [0.05, 0.1) is 11.6 Å². The van der Waals surface area contributed by atoms with Gasteiger partial charge in [0.1, 0.15) is 37.7 Å². The molecule has 2 aliphatic rings. The highest BCUT2D eigenvalue weighted by Crippen LogP contribution is 2.40. The number of anilines is 3. The van der Waals surface area contributed by atoms with Crippen molar-refractivity contribution < 1.29 is 14.2 Å². The van der Waals surface area contributed by atoms with Crippen LogP contribution in [0.4, 0.5) is 17.1 Å². The fraction of sp³-hybridized carbons (Fsp3) is 0.310. The van der Waals surface area contributed by atoms with Crippen molar-refractivity contribution in [2.45, 2.75) is 18.4 Å². The fourth-order valence-corrected chi connectivity index (χ4v) is 5.69. The van der Waals surface area contributed by atoms with Gasteiger partial charge in [-0.25, -0.2) is 9.67 Å². The van der Waals surface area contributed by atoms with E-state index in [9.17, 15) is 0 Å². The zero-order chi connectivity index (χ0) is 27.5. The minimum absolute atomic E-state index is 0.283. The Morgan fingerprint density at radius 1 is 0.925 bits per heavy atom. The molecule has 40 heavy (non-hydrogen) atoms. The summed E-state index contributed by atoms with van der Waals surface area (Å²) in [6.45, 7) is 4.74. The number of ether oxygens (including phenoxy) is 3. The highest BCUT2D eigenvalue weighted by Gasteiger charge is 2.45. The van der Waals surface area contributed by atoms with Gasteiger partial charge < -0.3 is 29.7 Å². The second kappa shape index (κ2) is 11.5. The van der Waals surface area contributed by atoms with Gasteiger partial charge in [0.25, 0.3) is 0 Å². The molecule has 3 heterocycles. The molecular weight excluding hydrogens is 551 g/mol. The Kier molecular flexibility index (Phi) is 7.71. The van der Waals surface area contributed by atoms with Gasteiger partial charge in [-0.3, -0.25) is 0 Å². The molecule has 0 aliphatic carbocycles. The highest BCUT2D eigenvalue weighted by atomic mass is 35.5. The van der Waals surface area contributed by atoms with E-state index >= 15 is 0 Å². The third-order valence-electron chi connectivity index (χ3n) is 7.21. The first-order chi connectivity index (χ1) is 19.5. The first kappa shape index (κ1) is 26.7. The predicted molar refractivity (Wildman–Crippen MR) is 156 cm³/mol. The van der Waals surface area contributed by atoms with E-state index in [-0.39, 0.29) is 12.6 Å². The lowest BCUT2D eigenvalue weighted by molar-refractivity contribution is -0.190. The summed E-state index contributed by atoms with van der Waals surface area (Å²) in [6, 6.07) is 21.5. The molecule has 0 unspecified atom stereocenters. The van der Waals surface area contributed by atoms with Gasteiger partial charge >= 0.3 is 0 Å². The Hall–Kier alpha value is -3.50. The van der Waals surface area contributed by atoms with Gasteiger partial charge in [-0.15, -0.1) is 0 Å². The molecule has 11 heteroatoms. The molecule has 2 saturated heterocycles. The van der Waals surface area contributed by atoms with Gasteiger partial charge in [0.2, 0.25) is 5.79 Å². The SMILES string of the molecule is Nc1ccc(N2CCN(c3ccc(OC[C@H]4CO[C@](Cn5cncn5)(c5ccc(Cl)cc5Cl)O4)cc3)CC2)cc1. The second-order valence-electron chi connectivity index (χ2n) is 9.89. The number of hydrogen-bond acceptors (Lipinski definition) is 8. The van der Waals surface area contributed by atoms with Crippen LogP contribution in [0.1, 0.15) is 5.56 Å². The van der Waals surface area contributed by atoms with E-state index in [1.807, 2.05) is 30.3 Å². The van der Waals surface area contributed by atoms with Crippen molar-refractivity contribution in [3.05, 3.63) is 95.0 Å². The summed E-state index contributed by atoms with van der Waals surface area (Å²) >= 11 is 12.7. The molecular formula is C29H30Cl2N6O3. The van der Waals surface area contributed by atoms with E-state index in [0.717, 1.165) is 37.6 Å². The minimum atomic E-state index is -1.14. The number of piperazine rings is 1. The van der Waals surface area contributed by atoms with E-state index in [1.54, 1.807) is 23.1 Å². The molecule has 6 rings (SSSR count). The molecule has 2 fully saturated rings. The molecule has 0 saturated carbocycles. The highest BCUT2D eigenvalue weighted by molar-refractivity contribution is 6.35. The lowest BCUT2D eigenvalue weighted by Crippen LogP contribution is -2.46. The van der Waals surface area contributed by atoms with E-state index < -0.39 is 5.79 Å². The van der Waals surface area contributed by atoms with Crippen LogP contribution in [0.3, 0.4) is 0 Å². The van der Waals surface area contributed by atoms with E-state index in [0.29, 0.717) is 28.8 Å². The molecule has 1 aromatic heterocycles. The largest absolute Gasteiger partial charge is 0.491 e. The third-order valence-corrected chi connectivity index (χ3v) is 7.76. The number of aromatic nitrogens is 3. The molecule has 2 N–H and O–H groups in total. The van der Waals surface area contributed by atoms with E-state index in [1.165, 1.54) is 17.7 Å². The standard InChI is InChI=1S/C29H30Cl2N6O3/c30-21-1-10-27(28(31)15-21)29(18-37-20-33-19-34-37)39-17-26(40-29)16-38-25-8-6-24(7-9-25)36-13-11-35(12-14-36)23-4-2-22(32)3-5-23/h1-10,15,19-20,26H,11-14,16-18,32H2/t26-,29-/m0/s1. The van der Waals surface area contributed by atoms with Crippen LogP contribution in [0.25, 0.3) is 0 Å². The Balaban J connectivity index is 1.06. The molecule has 9 nitrogen and oxygen atoms in total. The second-order valence-corrected chi connectivity index (χ2v) is 10.7. The average Bonchev–Trinajstić information content (AvgIpc) is 3.63. The molecule has 0 spiro atoms. The Morgan fingerprint density at radius 2 is 1.60 bits per heavy atom. The Morgan fingerprint density at radius 3 is 2.23 bits per heavy atom. The van der Waals surface area contributed by atoms with Crippen molar-refractivity contribution in [2.24, 2.45) is 0 Å². The van der Waals surface area contributed by atoms with Crippen LogP contribution < -0.4 is 20.3 Å². The Bertz CT molecular complexity index is 1410. The molecule has 0 amide bonds. The van der Waals surface area contributed by atoms with Gasteiger partial charge in [0.15, 0.2) is 0 Å². The van der Waals surface area contributed by atoms with Crippen LogP contribution in [0.15, 0.2) is 79.4 Å². The summed E-state index contributed by atoms with van der Waals surface area (Å²) in [5.74, 6) is -0.368. The van der Waals surface area contributed by atoms with Crippen LogP contribution >= 0.6 is 23.2 Å². The maximum absolute atomic E-state index is 6.55. The maximum Gasteiger partial charge on any atom is 0.217 e. The third kappa shape index (κ3) is 5.83. The maximum atomic E-state index is 6.55. The van der Waals surface area contributed by atoms with Crippen molar-refractivity contribution >= 4 is 40.3 Å². The van der Waals surface area contributed by atoms with Crippen molar-refractivity contribution in [1.82, 2.24) is 14.8 Å². The molecule has 2 aliphatic heterocycles. The monoisotopic (exact) mass is 580 g/mol. The quantitative estimate of drug-likeness (QED) is 0.296. The first-order valence-corrected chi connectivity index (χ1v) is 13.9. The van der Waals surface area contributed by atoms with Gasteiger partial charge in [-0.1, -0.05) is 29.3 Å². The van der Waals surface area contributed by atoms with Gasteiger partial charge in [-0.2, -0.15) is 5.10 Å². The first-order valence-electron chi connectivity index (χ1n) is 13.2. The van der Waals surface area contributed by atoms with E-state index in [2.05, 4.69) is 44.1 Å². The lowest BCUT2D eigenvalue weighted by atomic mass is 10.1. The molecule has 2 atom stereocenters. The van der Waals surface area contributed by atoms with Crippen molar-refractivity contribution in [3.63, 3.8) is 0 Å². The summed E-state index contributed by atoms with van der Waals surface area (Å²) in [7, 11) is 0. The summed E-state index contributed by atoms with van der Waals surface area (Å²) in [4.78, 5) is 8.81. The van der Waals surface area contributed by atoms with Crippen molar-refractivity contribution in [3.8, 4) is 5.75 Å². The molecule has 208 valence electrons. The summed E-state index contributed by atoms with van der Waals surface area (Å²) < 4.78 is 20.4. The van der Waals surface area contributed by atoms with Gasteiger partial charge in [0, 0.05) is 53.8 Å². The zero-order valence-corrected chi connectivity index (χ0v) is 23.3. The van der Waals surface area contributed by atoms with Crippen LogP contribution in [-0.4, -0.2) is 60.3 Å². The lowest BCUT2D eigenvalue weighted by Gasteiger charge is -2.37.